The fraction of sp³-hybridized carbons (Fsp3) is 0.308. The molecule has 1 aliphatic rings. The molecular formula is C26H25F4N3O6. The molecule has 2 heterocycles. The van der Waals surface area contributed by atoms with Gasteiger partial charge in [-0.3, -0.25) is 9.69 Å². The Hall–Kier alpha value is -4.10. The van der Waals surface area contributed by atoms with Crippen LogP contribution in [-0.4, -0.2) is 56.6 Å². The second kappa shape index (κ2) is 12.2. The van der Waals surface area contributed by atoms with Crippen LogP contribution < -0.4 is 24.3 Å². The summed E-state index contributed by atoms with van der Waals surface area (Å²) in [5.41, 5.74) is -0.319. The number of ether oxygens (including phenoxy) is 4. The number of halogens is 4. The van der Waals surface area contributed by atoms with Gasteiger partial charge in [0, 0.05) is 37.3 Å². The predicted molar refractivity (Wildman–Crippen MR) is 130 cm³/mol. The molecular weight excluding hydrogens is 526 g/mol. The minimum atomic E-state index is -4.87. The van der Waals surface area contributed by atoms with Crippen molar-refractivity contribution in [3.8, 4) is 23.0 Å². The number of benzene rings is 2. The highest BCUT2D eigenvalue weighted by Gasteiger charge is 2.31. The predicted octanol–water partition coefficient (Wildman–Crippen LogP) is 4.42. The van der Waals surface area contributed by atoms with E-state index in [2.05, 4.69) is 15.0 Å². The molecule has 0 radical (unpaired) electrons. The van der Waals surface area contributed by atoms with Gasteiger partial charge in [-0.2, -0.15) is 4.73 Å². The third-order valence-electron chi connectivity index (χ3n) is 5.74. The number of pyridine rings is 1. The summed E-state index contributed by atoms with van der Waals surface area (Å²) >= 11 is 0. The minimum absolute atomic E-state index is 0.0122. The smallest absolute Gasteiger partial charge is 0.573 e. The number of alkyl halides is 3. The topological polar surface area (TPSA) is 96.2 Å². The first kappa shape index (κ1) is 27.9. The summed E-state index contributed by atoms with van der Waals surface area (Å²) in [7, 11) is 0. The van der Waals surface area contributed by atoms with Crippen LogP contribution in [0.2, 0.25) is 0 Å². The highest BCUT2D eigenvalue weighted by Crippen LogP contribution is 2.36. The monoisotopic (exact) mass is 551 g/mol. The maximum atomic E-state index is 15.6. The molecule has 0 spiro atoms. The van der Waals surface area contributed by atoms with E-state index in [0.717, 1.165) is 31.4 Å². The molecule has 1 aromatic heterocycles. The van der Waals surface area contributed by atoms with Crippen molar-refractivity contribution in [1.29, 1.82) is 0 Å². The summed E-state index contributed by atoms with van der Waals surface area (Å²) in [6.45, 7) is 4.92. The quantitative estimate of drug-likeness (QED) is 0.239. The van der Waals surface area contributed by atoms with Gasteiger partial charge in [-0.05, 0) is 37.3 Å². The Morgan fingerprint density at radius 2 is 1.82 bits per heavy atom. The minimum Gasteiger partial charge on any atom is -0.619 e. The number of aromatic nitrogens is 1. The lowest BCUT2D eigenvalue weighted by molar-refractivity contribution is -0.604. The van der Waals surface area contributed by atoms with Crippen LogP contribution >= 0.6 is 0 Å². The summed E-state index contributed by atoms with van der Waals surface area (Å²) in [5, 5.41) is 14.0. The van der Waals surface area contributed by atoms with Gasteiger partial charge in [0.15, 0.2) is 6.20 Å². The third-order valence-corrected chi connectivity index (χ3v) is 5.74. The van der Waals surface area contributed by atoms with Gasteiger partial charge in [-0.1, -0.05) is 0 Å². The number of hydrogen-bond donors (Lipinski definition) is 1. The molecule has 0 bridgehead atoms. The maximum absolute atomic E-state index is 15.6. The highest BCUT2D eigenvalue weighted by molar-refractivity contribution is 6.06. The Balaban J connectivity index is 1.61. The number of morpholine rings is 1. The lowest BCUT2D eigenvalue weighted by Crippen LogP contribution is -2.38. The van der Waals surface area contributed by atoms with Crippen molar-refractivity contribution in [1.82, 2.24) is 4.90 Å². The number of carbonyl (C=O) groups is 1. The second-order valence-electron chi connectivity index (χ2n) is 8.52. The van der Waals surface area contributed by atoms with E-state index in [-0.39, 0.29) is 35.1 Å². The fourth-order valence-corrected chi connectivity index (χ4v) is 3.81. The summed E-state index contributed by atoms with van der Waals surface area (Å²) < 4.78 is 74.3. The average Bonchev–Trinajstić information content (AvgIpc) is 2.88. The number of nitrogens with zero attached hydrogens (tertiary/aromatic N) is 2. The molecule has 1 aliphatic heterocycles. The molecule has 9 nitrogen and oxygen atoms in total. The Morgan fingerprint density at radius 3 is 2.49 bits per heavy atom. The van der Waals surface area contributed by atoms with Crippen molar-refractivity contribution in [2.24, 2.45) is 0 Å². The van der Waals surface area contributed by atoms with Crippen molar-refractivity contribution in [3.05, 3.63) is 77.0 Å². The molecule has 0 aliphatic carbocycles. The fourth-order valence-electron chi connectivity index (χ4n) is 3.81. The van der Waals surface area contributed by atoms with Crippen molar-refractivity contribution in [2.45, 2.75) is 13.3 Å². The standard InChI is InChI=1S/C26H25F4N3O6/c1-17-21(37-14-11-32-9-12-36-13-10-32)15-22(38-19-4-6-20(7-5-19)39-26(28,29)30)23(24(17)27)25(34)31-18-3-2-8-33(35)16-18/h2-8,15-16H,9-14H2,1H3,(H,31,34). The van der Waals surface area contributed by atoms with Crippen LogP contribution in [0.5, 0.6) is 23.0 Å². The Kier molecular flexibility index (Phi) is 8.72. The van der Waals surface area contributed by atoms with Crippen LogP contribution in [-0.2, 0) is 4.74 Å². The molecule has 1 saturated heterocycles. The average molecular weight is 551 g/mol. The Labute approximate surface area is 221 Å². The van der Waals surface area contributed by atoms with E-state index in [0.29, 0.717) is 24.5 Å². The summed E-state index contributed by atoms with van der Waals surface area (Å²) in [5.74, 6) is -2.42. The van der Waals surface area contributed by atoms with Crippen LogP contribution in [0.15, 0.2) is 54.9 Å². The lowest BCUT2D eigenvalue weighted by Gasteiger charge is -2.26. The molecule has 0 atom stereocenters. The first-order valence-electron chi connectivity index (χ1n) is 11.9. The molecule has 0 saturated carbocycles. The summed E-state index contributed by atoms with van der Waals surface area (Å²) in [6, 6.07) is 8.57. The van der Waals surface area contributed by atoms with Gasteiger partial charge in [-0.25, -0.2) is 4.39 Å². The largest absolute Gasteiger partial charge is 0.619 e. The van der Waals surface area contributed by atoms with Gasteiger partial charge in [0.25, 0.3) is 5.91 Å². The van der Waals surface area contributed by atoms with Gasteiger partial charge in [0.2, 0.25) is 6.20 Å². The molecule has 208 valence electrons. The van der Waals surface area contributed by atoms with Gasteiger partial charge in [0.05, 0.1) is 13.2 Å². The van der Waals surface area contributed by atoms with Crippen molar-refractivity contribution in [3.63, 3.8) is 0 Å². The zero-order valence-corrected chi connectivity index (χ0v) is 20.8. The van der Waals surface area contributed by atoms with E-state index in [1.165, 1.54) is 43.5 Å². The van der Waals surface area contributed by atoms with Crippen LogP contribution in [0.3, 0.4) is 0 Å². The van der Waals surface area contributed by atoms with E-state index in [9.17, 15) is 23.2 Å². The molecule has 1 amide bonds. The molecule has 1 fully saturated rings. The highest BCUT2D eigenvalue weighted by atomic mass is 19.4. The van der Waals surface area contributed by atoms with E-state index in [1.807, 2.05) is 0 Å². The van der Waals surface area contributed by atoms with Crippen LogP contribution in [0.25, 0.3) is 0 Å². The molecule has 4 rings (SSSR count). The van der Waals surface area contributed by atoms with Crippen molar-refractivity contribution in [2.75, 3.05) is 44.8 Å². The van der Waals surface area contributed by atoms with Gasteiger partial charge in [0.1, 0.15) is 46.7 Å². The number of carbonyl (C=O) groups excluding carboxylic acids is 1. The normalized spacial score (nSPS) is 14.1. The second-order valence-corrected chi connectivity index (χ2v) is 8.52. The lowest BCUT2D eigenvalue weighted by atomic mass is 10.1. The van der Waals surface area contributed by atoms with Gasteiger partial charge >= 0.3 is 6.36 Å². The molecule has 13 heteroatoms. The van der Waals surface area contributed by atoms with Crippen LogP contribution in [0, 0.1) is 17.9 Å². The third kappa shape index (κ3) is 7.71. The number of nitrogens with one attached hydrogen (secondary N) is 1. The SMILES string of the molecule is Cc1c(OCCN2CCOCC2)cc(Oc2ccc(OC(F)(F)F)cc2)c(C(=O)Nc2ccc[n+]([O-])c2)c1F. The van der Waals surface area contributed by atoms with E-state index in [1.54, 1.807) is 0 Å². The molecule has 39 heavy (non-hydrogen) atoms. The Morgan fingerprint density at radius 1 is 1.13 bits per heavy atom. The number of hydrogen-bond acceptors (Lipinski definition) is 7. The molecule has 0 unspecified atom stereocenters. The maximum Gasteiger partial charge on any atom is 0.573 e. The van der Waals surface area contributed by atoms with Crippen LogP contribution in [0.4, 0.5) is 23.2 Å². The van der Waals surface area contributed by atoms with Crippen LogP contribution in [0.1, 0.15) is 15.9 Å². The van der Waals surface area contributed by atoms with Crippen molar-refractivity contribution < 1.29 is 46.0 Å². The number of anilines is 1. The molecule has 2 aromatic carbocycles. The zero-order valence-electron chi connectivity index (χ0n) is 20.8. The van der Waals surface area contributed by atoms with E-state index in [4.69, 9.17) is 14.2 Å². The van der Waals surface area contributed by atoms with Crippen molar-refractivity contribution >= 4 is 11.6 Å². The van der Waals surface area contributed by atoms with Gasteiger partial charge in [-0.15, -0.1) is 13.2 Å². The number of rotatable bonds is 9. The number of amides is 1. The van der Waals surface area contributed by atoms with Gasteiger partial charge < -0.3 is 29.5 Å². The Bertz CT molecular complexity index is 1300. The molecule has 3 aromatic rings. The summed E-state index contributed by atoms with van der Waals surface area (Å²) in [6.07, 6.45) is -2.57. The van der Waals surface area contributed by atoms with E-state index < -0.39 is 29.4 Å². The molecule has 1 N–H and O–H groups in total. The first-order chi connectivity index (χ1) is 18.6. The summed E-state index contributed by atoms with van der Waals surface area (Å²) in [4.78, 5) is 15.2. The van der Waals surface area contributed by atoms with E-state index >= 15 is 4.39 Å². The first-order valence-corrected chi connectivity index (χ1v) is 11.9. The zero-order chi connectivity index (χ0) is 28.0.